The second kappa shape index (κ2) is 4.98. The minimum atomic E-state index is -0.369. The van der Waals surface area contributed by atoms with Crippen LogP contribution in [0.1, 0.15) is 16.7 Å². The quantitative estimate of drug-likeness (QED) is 0.849. The SMILES string of the molecule is Cc1cc2c(cc1N)N(Cc1ccc(Cl)c(F)c1)CC2. The van der Waals surface area contributed by atoms with Crippen molar-refractivity contribution in [2.45, 2.75) is 19.9 Å². The molecule has 104 valence electrons. The maximum atomic E-state index is 13.5. The minimum Gasteiger partial charge on any atom is -0.398 e. The van der Waals surface area contributed by atoms with Gasteiger partial charge in [-0.25, -0.2) is 4.39 Å². The number of fused-ring (bicyclic) bond motifs is 1. The van der Waals surface area contributed by atoms with E-state index in [4.69, 9.17) is 17.3 Å². The average molecular weight is 291 g/mol. The molecule has 0 atom stereocenters. The van der Waals surface area contributed by atoms with Gasteiger partial charge in [-0.05, 0) is 48.2 Å². The Morgan fingerprint density at radius 3 is 2.85 bits per heavy atom. The predicted octanol–water partition coefficient (Wildman–Crippen LogP) is 3.93. The first kappa shape index (κ1) is 13.3. The Labute approximate surface area is 123 Å². The van der Waals surface area contributed by atoms with Gasteiger partial charge in [-0.15, -0.1) is 0 Å². The minimum absolute atomic E-state index is 0.162. The first-order chi connectivity index (χ1) is 9.54. The van der Waals surface area contributed by atoms with Crippen LogP contribution in [0.3, 0.4) is 0 Å². The van der Waals surface area contributed by atoms with Gasteiger partial charge in [0.15, 0.2) is 0 Å². The lowest BCUT2D eigenvalue weighted by Gasteiger charge is -2.20. The summed E-state index contributed by atoms with van der Waals surface area (Å²) in [6.45, 7) is 3.62. The van der Waals surface area contributed by atoms with E-state index in [-0.39, 0.29) is 10.8 Å². The molecule has 0 spiro atoms. The third-order valence-corrected chi connectivity index (χ3v) is 4.12. The summed E-state index contributed by atoms with van der Waals surface area (Å²) in [6, 6.07) is 9.13. The second-order valence-electron chi connectivity index (χ2n) is 5.26. The molecule has 0 bridgehead atoms. The number of nitrogens with zero attached hydrogens (tertiary/aromatic N) is 1. The van der Waals surface area contributed by atoms with Gasteiger partial charge < -0.3 is 10.6 Å². The fourth-order valence-electron chi connectivity index (χ4n) is 2.67. The zero-order valence-corrected chi connectivity index (χ0v) is 12.0. The number of hydrogen-bond acceptors (Lipinski definition) is 2. The topological polar surface area (TPSA) is 29.3 Å². The van der Waals surface area contributed by atoms with Gasteiger partial charge in [0.1, 0.15) is 5.82 Å². The highest BCUT2D eigenvalue weighted by atomic mass is 35.5. The Morgan fingerprint density at radius 1 is 1.30 bits per heavy atom. The molecule has 0 aliphatic carbocycles. The largest absolute Gasteiger partial charge is 0.398 e. The van der Waals surface area contributed by atoms with Crippen LogP contribution < -0.4 is 10.6 Å². The van der Waals surface area contributed by atoms with E-state index < -0.39 is 0 Å². The van der Waals surface area contributed by atoms with Gasteiger partial charge in [-0.1, -0.05) is 23.7 Å². The lowest BCUT2D eigenvalue weighted by Crippen LogP contribution is -2.19. The monoisotopic (exact) mass is 290 g/mol. The molecule has 3 rings (SSSR count). The Kier molecular flexibility index (Phi) is 3.30. The molecule has 20 heavy (non-hydrogen) atoms. The van der Waals surface area contributed by atoms with Crippen LogP contribution in [0.4, 0.5) is 15.8 Å². The molecule has 0 aromatic heterocycles. The third-order valence-electron chi connectivity index (χ3n) is 3.82. The number of nitrogen functional groups attached to an aromatic ring is 1. The maximum absolute atomic E-state index is 13.5. The highest BCUT2D eigenvalue weighted by molar-refractivity contribution is 6.30. The van der Waals surface area contributed by atoms with Crippen molar-refractivity contribution >= 4 is 23.0 Å². The van der Waals surface area contributed by atoms with Crippen LogP contribution in [-0.2, 0) is 13.0 Å². The summed E-state index contributed by atoms with van der Waals surface area (Å²) < 4.78 is 13.5. The van der Waals surface area contributed by atoms with Crippen molar-refractivity contribution in [3.8, 4) is 0 Å². The van der Waals surface area contributed by atoms with Gasteiger partial charge in [-0.3, -0.25) is 0 Å². The van der Waals surface area contributed by atoms with E-state index >= 15 is 0 Å². The number of halogens is 2. The van der Waals surface area contributed by atoms with Crippen LogP contribution in [0.2, 0.25) is 5.02 Å². The number of benzene rings is 2. The molecule has 4 heteroatoms. The van der Waals surface area contributed by atoms with E-state index in [1.807, 2.05) is 19.1 Å². The fraction of sp³-hybridized carbons (Fsp3) is 0.250. The van der Waals surface area contributed by atoms with Crippen molar-refractivity contribution in [3.63, 3.8) is 0 Å². The first-order valence-electron chi connectivity index (χ1n) is 6.62. The molecule has 0 saturated heterocycles. The van der Waals surface area contributed by atoms with Gasteiger partial charge in [0.25, 0.3) is 0 Å². The molecule has 1 aliphatic heterocycles. The third kappa shape index (κ3) is 2.34. The smallest absolute Gasteiger partial charge is 0.142 e. The zero-order chi connectivity index (χ0) is 14.3. The Morgan fingerprint density at radius 2 is 2.10 bits per heavy atom. The van der Waals surface area contributed by atoms with Crippen molar-refractivity contribution in [1.82, 2.24) is 0 Å². The summed E-state index contributed by atoms with van der Waals surface area (Å²) in [5, 5.41) is 0.162. The Bertz CT molecular complexity index is 670. The lowest BCUT2D eigenvalue weighted by molar-refractivity contribution is 0.625. The average Bonchev–Trinajstić information content (AvgIpc) is 2.77. The van der Waals surface area contributed by atoms with Crippen LogP contribution in [-0.4, -0.2) is 6.54 Å². The molecule has 2 aromatic rings. The van der Waals surface area contributed by atoms with E-state index in [1.54, 1.807) is 6.07 Å². The van der Waals surface area contributed by atoms with Crippen molar-refractivity contribution in [1.29, 1.82) is 0 Å². The number of rotatable bonds is 2. The molecule has 1 heterocycles. The van der Waals surface area contributed by atoms with E-state index in [0.717, 1.165) is 35.5 Å². The first-order valence-corrected chi connectivity index (χ1v) is 7.00. The molecule has 0 fully saturated rings. The van der Waals surface area contributed by atoms with Gasteiger partial charge in [0, 0.05) is 24.5 Å². The molecule has 0 unspecified atom stereocenters. The Balaban J connectivity index is 1.88. The van der Waals surface area contributed by atoms with E-state index in [2.05, 4.69) is 11.0 Å². The number of anilines is 2. The summed E-state index contributed by atoms with van der Waals surface area (Å²) in [7, 11) is 0. The Hall–Kier alpha value is -1.74. The van der Waals surface area contributed by atoms with E-state index in [1.165, 1.54) is 11.6 Å². The van der Waals surface area contributed by atoms with Crippen molar-refractivity contribution < 1.29 is 4.39 Å². The standard InChI is InChI=1S/C16H16ClFN2/c1-10-6-12-4-5-20(16(12)8-15(10)19)9-11-2-3-13(17)14(18)7-11/h2-3,6-8H,4-5,9,19H2,1H3. The van der Waals surface area contributed by atoms with Crippen LogP contribution in [0, 0.1) is 12.7 Å². The highest BCUT2D eigenvalue weighted by Crippen LogP contribution is 2.33. The van der Waals surface area contributed by atoms with Gasteiger partial charge in [-0.2, -0.15) is 0 Å². The van der Waals surface area contributed by atoms with Gasteiger partial charge >= 0.3 is 0 Å². The summed E-state index contributed by atoms with van der Waals surface area (Å²) in [5.74, 6) is -0.369. The van der Waals surface area contributed by atoms with Crippen molar-refractivity contribution in [3.05, 3.63) is 57.9 Å². The molecule has 0 radical (unpaired) electrons. The van der Waals surface area contributed by atoms with E-state index in [9.17, 15) is 4.39 Å². The highest BCUT2D eigenvalue weighted by Gasteiger charge is 2.20. The summed E-state index contributed by atoms with van der Waals surface area (Å²) in [4.78, 5) is 2.23. The summed E-state index contributed by atoms with van der Waals surface area (Å²) in [5.41, 5.74) is 11.3. The lowest BCUT2D eigenvalue weighted by atomic mass is 10.1. The molecule has 2 N–H and O–H groups in total. The predicted molar refractivity (Wildman–Crippen MR) is 81.8 cm³/mol. The molecular formula is C16H16ClFN2. The van der Waals surface area contributed by atoms with Gasteiger partial charge in [0.05, 0.1) is 5.02 Å². The number of aryl methyl sites for hydroxylation is 1. The molecule has 0 amide bonds. The number of hydrogen-bond donors (Lipinski definition) is 1. The fourth-order valence-corrected chi connectivity index (χ4v) is 2.78. The molecule has 0 saturated carbocycles. The summed E-state index contributed by atoms with van der Waals surface area (Å²) in [6.07, 6.45) is 1.01. The molecule has 2 nitrogen and oxygen atoms in total. The normalized spacial score (nSPS) is 13.7. The van der Waals surface area contributed by atoms with Crippen LogP contribution in [0.15, 0.2) is 30.3 Å². The van der Waals surface area contributed by atoms with Crippen LogP contribution >= 0.6 is 11.6 Å². The zero-order valence-electron chi connectivity index (χ0n) is 11.3. The molecule has 2 aromatic carbocycles. The molecule has 1 aliphatic rings. The summed E-state index contributed by atoms with van der Waals surface area (Å²) >= 11 is 5.71. The van der Waals surface area contributed by atoms with Crippen LogP contribution in [0.5, 0.6) is 0 Å². The van der Waals surface area contributed by atoms with Crippen molar-refractivity contribution in [2.75, 3.05) is 17.2 Å². The van der Waals surface area contributed by atoms with Gasteiger partial charge in [0.2, 0.25) is 0 Å². The van der Waals surface area contributed by atoms with E-state index in [0.29, 0.717) is 6.54 Å². The number of nitrogens with two attached hydrogens (primary N) is 1. The maximum Gasteiger partial charge on any atom is 0.142 e. The molecular weight excluding hydrogens is 275 g/mol. The van der Waals surface area contributed by atoms with Crippen molar-refractivity contribution in [2.24, 2.45) is 0 Å². The van der Waals surface area contributed by atoms with Crippen LogP contribution in [0.25, 0.3) is 0 Å². The second-order valence-corrected chi connectivity index (χ2v) is 5.66.